The molecule has 9 heteroatoms. The van der Waals surface area contributed by atoms with Gasteiger partial charge in [-0.25, -0.2) is 9.79 Å². The topological polar surface area (TPSA) is 104 Å². The number of benzene rings is 3. The maximum Gasteiger partial charge on any atom is 0.338 e. The molecule has 37 heavy (non-hydrogen) atoms. The van der Waals surface area contributed by atoms with Gasteiger partial charge in [0.25, 0.3) is 11.2 Å². The molecule has 0 saturated heterocycles. The number of aromatic nitrogens is 1. The molecule has 0 aliphatic carbocycles. The predicted octanol–water partition coefficient (Wildman–Crippen LogP) is 4.17. The van der Waals surface area contributed by atoms with E-state index in [0.717, 1.165) is 16.3 Å². The molecule has 4 aromatic rings. The summed E-state index contributed by atoms with van der Waals surface area (Å²) in [7, 11) is 0. The minimum atomic E-state index is -0.913. The molecule has 1 aliphatic heterocycles. The van der Waals surface area contributed by atoms with Gasteiger partial charge in [-0.2, -0.15) is 0 Å². The summed E-state index contributed by atoms with van der Waals surface area (Å²) in [6.07, 6.45) is 1.82. The summed E-state index contributed by atoms with van der Waals surface area (Å²) in [6, 6.07) is 17.6. The molecule has 0 N–H and O–H groups in total. The number of carbonyl (C=O) groups excluding carboxylic acids is 1. The van der Waals surface area contributed by atoms with Crippen LogP contribution in [0.2, 0.25) is 0 Å². The number of ether oxygens (including phenoxy) is 1. The average Bonchev–Trinajstić information content (AvgIpc) is 3.18. The van der Waals surface area contributed by atoms with Crippen molar-refractivity contribution in [3.05, 3.63) is 118 Å². The molecular formula is C28H23N3O5S. The third kappa shape index (κ3) is 4.27. The minimum absolute atomic E-state index is 0.0896. The zero-order chi connectivity index (χ0) is 26.3. The van der Waals surface area contributed by atoms with Crippen LogP contribution >= 0.6 is 11.3 Å². The Balaban J connectivity index is 1.77. The van der Waals surface area contributed by atoms with E-state index in [1.54, 1.807) is 32.9 Å². The van der Waals surface area contributed by atoms with Crippen LogP contribution in [0, 0.1) is 17.0 Å². The fourth-order valence-corrected chi connectivity index (χ4v) is 5.66. The van der Waals surface area contributed by atoms with Crippen molar-refractivity contribution in [3.8, 4) is 0 Å². The lowest BCUT2D eigenvalue weighted by molar-refractivity contribution is -0.385. The first-order valence-corrected chi connectivity index (χ1v) is 12.5. The Kier molecular flexibility index (Phi) is 6.31. The first-order chi connectivity index (χ1) is 17.8. The van der Waals surface area contributed by atoms with E-state index >= 15 is 0 Å². The van der Waals surface area contributed by atoms with E-state index in [4.69, 9.17) is 4.74 Å². The fraction of sp³-hybridized carbons (Fsp3) is 0.179. The van der Waals surface area contributed by atoms with Crippen LogP contribution in [0.5, 0.6) is 0 Å². The molecule has 8 nitrogen and oxygen atoms in total. The predicted molar refractivity (Wildman–Crippen MR) is 142 cm³/mol. The number of hydrogen-bond donors (Lipinski definition) is 0. The van der Waals surface area contributed by atoms with Gasteiger partial charge in [-0.1, -0.05) is 65.9 Å². The molecule has 1 aromatic heterocycles. The zero-order valence-corrected chi connectivity index (χ0v) is 21.2. The van der Waals surface area contributed by atoms with Crippen LogP contribution in [0.1, 0.15) is 36.6 Å². The second kappa shape index (κ2) is 9.59. The van der Waals surface area contributed by atoms with Crippen LogP contribution in [0.25, 0.3) is 16.8 Å². The Morgan fingerprint density at radius 1 is 1.16 bits per heavy atom. The van der Waals surface area contributed by atoms with Crippen LogP contribution in [-0.4, -0.2) is 22.1 Å². The van der Waals surface area contributed by atoms with Crippen molar-refractivity contribution in [2.24, 2.45) is 4.99 Å². The number of nitro benzene ring substituents is 1. The number of nitro groups is 1. The summed E-state index contributed by atoms with van der Waals surface area (Å²) in [5, 5.41) is 13.7. The molecule has 0 unspecified atom stereocenters. The lowest BCUT2D eigenvalue weighted by Gasteiger charge is -2.24. The highest BCUT2D eigenvalue weighted by molar-refractivity contribution is 7.07. The average molecular weight is 514 g/mol. The van der Waals surface area contributed by atoms with Crippen molar-refractivity contribution in [1.29, 1.82) is 0 Å². The van der Waals surface area contributed by atoms with Crippen molar-refractivity contribution in [2.45, 2.75) is 26.8 Å². The first-order valence-electron chi connectivity index (χ1n) is 11.7. The number of aryl methyl sites for hydroxylation is 1. The van der Waals surface area contributed by atoms with Gasteiger partial charge in [0.2, 0.25) is 0 Å². The second-order valence-corrected chi connectivity index (χ2v) is 9.68. The number of carbonyl (C=O) groups is 1. The van der Waals surface area contributed by atoms with E-state index in [1.165, 1.54) is 22.0 Å². The fourth-order valence-electron chi connectivity index (χ4n) is 4.62. The van der Waals surface area contributed by atoms with E-state index in [1.807, 2.05) is 48.5 Å². The van der Waals surface area contributed by atoms with Crippen molar-refractivity contribution in [1.82, 2.24) is 4.57 Å². The highest BCUT2D eigenvalue weighted by atomic mass is 32.1. The van der Waals surface area contributed by atoms with Crippen LogP contribution in [0.3, 0.4) is 0 Å². The van der Waals surface area contributed by atoms with E-state index in [-0.39, 0.29) is 23.4 Å². The molecule has 1 atom stereocenters. The van der Waals surface area contributed by atoms with Crippen molar-refractivity contribution in [2.75, 3.05) is 6.61 Å². The number of hydrogen-bond acceptors (Lipinski definition) is 7. The highest BCUT2D eigenvalue weighted by Crippen LogP contribution is 2.33. The Morgan fingerprint density at radius 2 is 1.92 bits per heavy atom. The SMILES string of the molecule is CCOC(=O)C1=C(C)N=c2s/c(=C/c3cccc4ccccc34)c(=O)n2[C@@H]1c1ccc(C)c([N+](=O)[O-])c1. The maximum absolute atomic E-state index is 13.8. The van der Waals surface area contributed by atoms with Gasteiger partial charge in [0.15, 0.2) is 4.80 Å². The number of rotatable bonds is 5. The third-order valence-electron chi connectivity index (χ3n) is 6.37. The molecule has 3 aromatic carbocycles. The molecule has 0 saturated carbocycles. The Bertz CT molecular complexity index is 1790. The molecule has 0 amide bonds. The molecule has 2 heterocycles. The molecule has 0 fully saturated rings. The van der Waals surface area contributed by atoms with Gasteiger partial charge in [0, 0.05) is 11.6 Å². The minimum Gasteiger partial charge on any atom is -0.463 e. The quantitative estimate of drug-likeness (QED) is 0.226. The van der Waals surface area contributed by atoms with Crippen LogP contribution in [-0.2, 0) is 9.53 Å². The smallest absolute Gasteiger partial charge is 0.338 e. The summed E-state index contributed by atoms with van der Waals surface area (Å²) in [4.78, 5) is 43.1. The number of fused-ring (bicyclic) bond motifs is 2. The number of allylic oxidation sites excluding steroid dienone is 1. The molecule has 5 rings (SSSR count). The van der Waals surface area contributed by atoms with Crippen LogP contribution in [0.15, 0.2) is 81.7 Å². The van der Waals surface area contributed by atoms with Gasteiger partial charge in [-0.15, -0.1) is 0 Å². The Morgan fingerprint density at radius 3 is 2.68 bits per heavy atom. The van der Waals surface area contributed by atoms with E-state index in [2.05, 4.69) is 4.99 Å². The summed E-state index contributed by atoms with van der Waals surface area (Å²) in [6.45, 7) is 5.16. The van der Waals surface area contributed by atoms with Gasteiger partial charge < -0.3 is 4.74 Å². The second-order valence-electron chi connectivity index (χ2n) is 8.67. The number of esters is 1. The first kappa shape index (κ1) is 24.3. The number of nitrogens with zero attached hydrogens (tertiary/aromatic N) is 3. The van der Waals surface area contributed by atoms with E-state index in [0.29, 0.717) is 26.2 Å². The summed E-state index contributed by atoms with van der Waals surface area (Å²) >= 11 is 1.22. The molecule has 186 valence electrons. The third-order valence-corrected chi connectivity index (χ3v) is 7.36. The Hall–Kier alpha value is -4.37. The normalized spacial score (nSPS) is 15.4. The largest absolute Gasteiger partial charge is 0.463 e. The Labute approximate surface area is 215 Å². The van der Waals surface area contributed by atoms with Gasteiger partial charge in [-0.3, -0.25) is 19.5 Å². The van der Waals surface area contributed by atoms with Gasteiger partial charge in [0.05, 0.1) is 33.4 Å². The van der Waals surface area contributed by atoms with Crippen LogP contribution < -0.4 is 14.9 Å². The zero-order valence-electron chi connectivity index (χ0n) is 20.4. The molecule has 1 aliphatic rings. The summed E-state index contributed by atoms with van der Waals surface area (Å²) in [5.41, 5.74) is 1.97. The van der Waals surface area contributed by atoms with Gasteiger partial charge >= 0.3 is 5.97 Å². The molecular weight excluding hydrogens is 490 g/mol. The molecule has 0 bridgehead atoms. The van der Waals surface area contributed by atoms with Gasteiger partial charge in [0.1, 0.15) is 0 Å². The van der Waals surface area contributed by atoms with Crippen molar-refractivity contribution < 1.29 is 14.5 Å². The van der Waals surface area contributed by atoms with Crippen molar-refractivity contribution in [3.63, 3.8) is 0 Å². The maximum atomic E-state index is 13.8. The molecule has 0 radical (unpaired) electrons. The lowest BCUT2D eigenvalue weighted by Crippen LogP contribution is -2.40. The summed E-state index contributed by atoms with van der Waals surface area (Å²) < 4.78 is 7.18. The van der Waals surface area contributed by atoms with Crippen LogP contribution in [0.4, 0.5) is 5.69 Å². The lowest BCUT2D eigenvalue weighted by atomic mass is 9.94. The summed E-state index contributed by atoms with van der Waals surface area (Å²) in [5.74, 6) is -0.611. The van der Waals surface area contributed by atoms with E-state index < -0.39 is 16.9 Å². The highest BCUT2D eigenvalue weighted by Gasteiger charge is 2.34. The monoisotopic (exact) mass is 513 g/mol. The van der Waals surface area contributed by atoms with Crippen molar-refractivity contribution >= 4 is 39.8 Å². The number of thiazole rings is 1. The van der Waals surface area contributed by atoms with Gasteiger partial charge in [-0.05, 0) is 48.7 Å². The van der Waals surface area contributed by atoms with E-state index in [9.17, 15) is 19.7 Å². The standard InChI is InChI=1S/C28H23N3O5S/c1-4-36-27(33)24-17(3)29-28-30(25(24)20-13-12-16(2)22(14-20)31(34)35)26(32)23(37-28)15-19-10-7-9-18-8-5-6-11-21(18)19/h5-15,25H,4H2,1-3H3/b23-15+/t25-/m1/s1. The molecule has 0 spiro atoms.